The van der Waals surface area contributed by atoms with Gasteiger partial charge in [-0.25, -0.2) is 4.98 Å². The molecule has 1 aliphatic heterocycles. The average Bonchev–Trinajstić information content (AvgIpc) is 2.31. The van der Waals surface area contributed by atoms with Crippen molar-refractivity contribution in [3.63, 3.8) is 0 Å². The van der Waals surface area contributed by atoms with Gasteiger partial charge in [0, 0.05) is 23.8 Å². The fourth-order valence-electron chi connectivity index (χ4n) is 2.12. The van der Waals surface area contributed by atoms with Gasteiger partial charge in [0.25, 0.3) is 0 Å². The smallest absolute Gasteiger partial charge is 0.226 e. The number of aryl methyl sites for hydroxylation is 1. The summed E-state index contributed by atoms with van der Waals surface area (Å²) in [5.74, 6) is 1.26. The third-order valence-corrected chi connectivity index (χ3v) is 3.12. The van der Waals surface area contributed by atoms with Gasteiger partial charge in [0.15, 0.2) is 0 Å². The topological polar surface area (TPSA) is 59.1 Å². The molecule has 2 atom stereocenters. The Morgan fingerprint density at radius 2 is 2.29 bits per heavy atom. The molecule has 1 aliphatic rings. The molecular formula is C12H20N4O. The molecule has 2 rings (SSSR count). The standard InChI is InChI=1S/C12H20N4O/c1-8-7-11(17-3)16-12(14-8)15-10-5-4-6-13-9(10)2/h7,9-10,13H,4-6H2,1-3H3,(H,14,15,16). The second kappa shape index (κ2) is 5.31. The van der Waals surface area contributed by atoms with Gasteiger partial charge < -0.3 is 15.4 Å². The number of ether oxygens (including phenoxy) is 1. The maximum absolute atomic E-state index is 5.14. The number of hydrogen-bond acceptors (Lipinski definition) is 5. The van der Waals surface area contributed by atoms with E-state index in [9.17, 15) is 0 Å². The third kappa shape index (κ3) is 3.06. The van der Waals surface area contributed by atoms with Gasteiger partial charge >= 0.3 is 0 Å². The fourth-order valence-corrected chi connectivity index (χ4v) is 2.12. The van der Waals surface area contributed by atoms with Crippen LogP contribution in [0, 0.1) is 6.92 Å². The van der Waals surface area contributed by atoms with Crippen molar-refractivity contribution in [1.29, 1.82) is 0 Å². The predicted octanol–water partition coefficient (Wildman–Crippen LogP) is 1.35. The molecule has 0 saturated carbocycles. The Morgan fingerprint density at radius 1 is 1.47 bits per heavy atom. The van der Waals surface area contributed by atoms with E-state index in [2.05, 4.69) is 27.5 Å². The molecular weight excluding hydrogens is 216 g/mol. The summed E-state index contributed by atoms with van der Waals surface area (Å²) in [5, 5.41) is 6.83. The lowest BCUT2D eigenvalue weighted by Crippen LogP contribution is -2.46. The van der Waals surface area contributed by atoms with E-state index in [0.717, 1.165) is 18.7 Å². The van der Waals surface area contributed by atoms with Crippen molar-refractivity contribution in [2.45, 2.75) is 38.8 Å². The minimum Gasteiger partial charge on any atom is -0.481 e. The van der Waals surface area contributed by atoms with E-state index in [1.807, 2.05) is 13.0 Å². The molecule has 5 heteroatoms. The summed E-state index contributed by atoms with van der Waals surface area (Å²) in [5.41, 5.74) is 0.913. The van der Waals surface area contributed by atoms with E-state index < -0.39 is 0 Å². The minimum atomic E-state index is 0.384. The summed E-state index contributed by atoms with van der Waals surface area (Å²) in [7, 11) is 1.62. The van der Waals surface area contributed by atoms with Gasteiger partial charge in [-0.1, -0.05) is 0 Å². The molecule has 1 saturated heterocycles. The van der Waals surface area contributed by atoms with Gasteiger partial charge in [-0.15, -0.1) is 0 Å². The number of hydrogen-bond donors (Lipinski definition) is 2. The molecule has 17 heavy (non-hydrogen) atoms. The maximum Gasteiger partial charge on any atom is 0.226 e. The lowest BCUT2D eigenvalue weighted by atomic mass is 10.0. The molecule has 0 amide bonds. The van der Waals surface area contributed by atoms with E-state index in [4.69, 9.17) is 4.74 Å². The van der Waals surface area contributed by atoms with Gasteiger partial charge in [0.1, 0.15) is 0 Å². The van der Waals surface area contributed by atoms with Crippen molar-refractivity contribution in [3.8, 4) is 5.88 Å². The Labute approximate surface area is 102 Å². The van der Waals surface area contributed by atoms with Crippen LogP contribution in [-0.4, -0.2) is 35.7 Å². The van der Waals surface area contributed by atoms with Crippen molar-refractivity contribution in [2.24, 2.45) is 0 Å². The van der Waals surface area contributed by atoms with Crippen LogP contribution in [-0.2, 0) is 0 Å². The normalized spacial score (nSPS) is 24.4. The van der Waals surface area contributed by atoms with E-state index in [1.165, 1.54) is 6.42 Å². The first kappa shape index (κ1) is 12.1. The van der Waals surface area contributed by atoms with Gasteiger partial charge in [-0.05, 0) is 33.2 Å². The van der Waals surface area contributed by atoms with Crippen LogP contribution >= 0.6 is 0 Å². The van der Waals surface area contributed by atoms with Gasteiger partial charge in [0.05, 0.1) is 7.11 Å². The first-order valence-electron chi connectivity index (χ1n) is 6.08. The molecule has 0 radical (unpaired) electrons. The molecule has 2 N–H and O–H groups in total. The van der Waals surface area contributed by atoms with Crippen LogP contribution in [0.15, 0.2) is 6.07 Å². The van der Waals surface area contributed by atoms with Crippen LogP contribution in [0.4, 0.5) is 5.95 Å². The molecule has 0 aromatic carbocycles. The van der Waals surface area contributed by atoms with Crippen LogP contribution < -0.4 is 15.4 Å². The van der Waals surface area contributed by atoms with Crippen molar-refractivity contribution in [2.75, 3.05) is 19.0 Å². The van der Waals surface area contributed by atoms with E-state index in [-0.39, 0.29) is 0 Å². The van der Waals surface area contributed by atoms with Gasteiger partial charge in [0.2, 0.25) is 11.8 Å². The highest BCUT2D eigenvalue weighted by Gasteiger charge is 2.21. The summed E-state index contributed by atoms with van der Waals surface area (Å²) >= 11 is 0. The predicted molar refractivity (Wildman–Crippen MR) is 67.4 cm³/mol. The number of rotatable bonds is 3. The van der Waals surface area contributed by atoms with Crippen LogP contribution in [0.3, 0.4) is 0 Å². The Balaban J connectivity index is 2.09. The zero-order valence-corrected chi connectivity index (χ0v) is 10.7. The van der Waals surface area contributed by atoms with Crippen molar-refractivity contribution < 1.29 is 4.74 Å². The molecule has 94 valence electrons. The first-order valence-corrected chi connectivity index (χ1v) is 6.08. The average molecular weight is 236 g/mol. The summed E-state index contributed by atoms with van der Waals surface area (Å²) in [6.45, 7) is 5.22. The second-order valence-electron chi connectivity index (χ2n) is 4.51. The summed E-state index contributed by atoms with van der Waals surface area (Å²) in [4.78, 5) is 8.69. The summed E-state index contributed by atoms with van der Waals surface area (Å²) in [6.07, 6.45) is 2.33. The van der Waals surface area contributed by atoms with Crippen LogP contribution in [0.25, 0.3) is 0 Å². The molecule has 1 aromatic heterocycles. The molecule has 5 nitrogen and oxygen atoms in total. The van der Waals surface area contributed by atoms with E-state index >= 15 is 0 Å². The Kier molecular flexibility index (Phi) is 3.78. The highest BCUT2D eigenvalue weighted by molar-refractivity contribution is 5.32. The zero-order valence-electron chi connectivity index (χ0n) is 10.7. The molecule has 1 fully saturated rings. The third-order valence-electron chi connectivity index (χ3n) is 3.12. The maximum atomic E-state index is 5.14. The highest BCUT2D eigenvalue weighted by atomic mass is 16.5. The van der Waals surface area contributed by atoms with Crippen LogP contribution in [0.1, 0.15) is 25.5 Å². The number of piperidine rings is 1. The van der Waals surface area contributed by atoms with Gasteiger partial charge in [-0.3, -0.25) is 0 Å². The number of nitrogens with zero attached hydrogens (tertiary/aromatic N) is 2. The highest BCUT2D eigenvalue weighted by Crippen LogP contribution is 2.16. The van der Waals surface area contributed by atoms with Crippen LogP contribution in [0.2, 0.25) is 0 Å². The largest absolute Gasteiger partial charge is 0.481 e. The number of nitrogens with one attached hydrogen (secondary N) is 2. The van der Waals surface area contributed by atoms with E-state index in [0.29, 0.717) is 23.9 Å². The molecule has 0 bridgehead atoms. The number of aromatic nitrogens is 2. The molecule has 0 spiro atoms. The van der Waals surface area contributed by atoms with Crippen molar-refractivity contribution in [3.05, 3.63) is 11.8 Å². The summed E-state index contributed by atoms with van der Waals surface area (Å²) < 4.78 is 5.14. The lowest BCUT2D eigenvalue weighted by molar-refractivity contribution is 0.383. The fraction of sp³-hybridized carbons (Fsp3) is 0.667. The van der Waals surface area contributed by atoms with Crippen LogP contribution in [0.5, 0.6) is 5.88 Å². The van der Waals surface area contributed by atoms with Crippen molar-refractivity contribution >= 4 is 5.95 Å². The molecule has 2 heterocycles. The number of anilines is 1. The van der Waals surface area contributed by atoms with Gasteiger partial charge in [-0.2, -0.15) is 4.98 Å². The Morgan fingerprint density at radius 3 is 3.00 bits per heavy atom. The lowest BCUT2D eigenvalue weighted by Gasteiger charge is -2.30. The number of methoxy groups -OCH3 is 1. The van der Waals surface area contributed by atoms with Crippen molar-refractivity contribution in [1.82, 2.24) is 15.3 Å². The zero-order chi connectivity index (χ0) is 12.3. The minimum absolute atomic E-state index is 0.384. The summed E-state index contributed by atoms with van der Waals surface area (Å²) in [6, 6.07) is 2.65. The Bertz CT molecular complexity index is 383. The Hall–Kier alpha value is -1.36. The molecule has 0 aliphatic carbocycles. The van der Waals surface area contributed by atoms with E-state index in [1.54, 1.807) is 7.11 Å². The monoisotopic (exact) mass is 236 g/mol. The quantitative estimate of drug-likeness (QED) is 0.829. The molecule has 1 aromatic rings. The first-order chi connectivity index (χ1) is 8.19. The second-order valence-corrected chi connectivity index (χ2v) is 4.51. The molecule has 2 unspecified atom stereocenters. The SMILES string of the molecule is COc1cc(C)nc(NC2CCCNC2C)n1.